The molecule has 4 nitrogen and oxygen atoms in total. The van der Waals surface area contributed by atoms with E-state index in [4.69, 9.17) is 0 Å². The van der Waals surface area contributed by atoms with Crippen molar-refractivity contribution < 1.29 is 9.18 Å². The first-order chi connectivity index (χ1) is 14.2. The molecule has 0 aliphatic carbocycles. The quantitative estimate of drug-likeness (QED) is 0.679. The average Bonchev–Trinajstić information content (AvgIpc) is 2.79. The van der Waals surface area contributed by atoms with Crippen molar-refractivity contribution in [3.05, 3.63) is 60.0 Å². The Bertz CT molecular complexity index is 780. The van der Waals surface area contributed by atoms with E-state index in [-0.39, 0.29) is 11.6 Å². The SMILES string of the molecule is O=C(CCN1CCC(C2CCN(c3ccccn3)CC2)CC1)c1ccc(F)cc1. The lowest BCUT2D eigenvalue weighted by Crippen LogP contribution is -2.41. The highest BCUT2D eigenvalue weighted by atomic mass is 19.1. The van der Waals surface area contributed by atoms with Crippen LogP contribution in [0, 0.1) is 17.7 Å². The van der Waals surface area contributed by atoms with Gasteiger partial charge in [-0.1, -0.05) is 6.07 Å². The number of benzene rings is 1. The van der Waals surface area contributed by atoms with Crippen LogP contribution in [-0.2, 0) is 0 Å². The van der Waals surface area contributed by atoms with Gasteiger partial charge in [0.05, 0.1) is 0 Å². The average molecular weight is 396 g/mol. The number of aromatic nitrogens is 1. The Morgan fingerprint density at radius 3 is 2.21 bits per heavy atom. The van der Waals surface area contributed by atoms with Gasteiger partial charge in [0, 0.05) is 37.8 Å². The van der Waals surface area contributed by atoms with Crippen LogP contribution in [-0.4, -0.2) is 48.4 Å². The van der Waals surface area contributed by atoms with E-state index in [9.17, 15) is 9.18 Å². The van der Waals surface area contributed by atoms with E-state index in [1.54, 1.807) is 12.1 Å². The van der Waals surface area contributed by atoms with E-state index in [0.29, 0.717) is 12.0 Å². The van der Waals surface area contributed by atoms with E-state index in [2.05, 4.69) is 26.9 Å². The maximum absolute atomic E-state index is 13.0. The molecule has 1 aromatic carbocycles. The molecule has 4 rings (SSSR count). The highest BCUT2D eigenvalue weighted by molar-refractivity contribution is 5.96. The van der Waals surface area contributed by atoms with Crippen LogP contribution < -0.4 is 4.90 Å². The Morgan fingerprint density at radius 2 is 1.59 bits per heavy atom. The molecule has 0 unspecified atom stereocenters. The zero-order valence-corrected chi connectivity index (χ0v) is 17.0. The minimum atomic E-state index is -0.297. The number of ketones is 1. The fourth-order valence-corrected chi connectivity index (χ4v) is 4.83. The van der Waals surface area contributed by atoms with Crippen molar-refractivity contribution in [3.63, 3.8) is 0 Å². The molecular weight excluding hydrogens is 365 g/mol. The summed E-state index contributed by atoms with van der Waals surface area (Å²) in [5.41, 5.74) is 0.612. The van der Waals surface area contributed by atoms with Crippen molar-refractivity contribution in [1.82, 2.24) is 9.88 Å². The number of Topliss-reactive ketones (excluding diaryl/α,β-unsaturated/α-hetero) is 1. The molecule has 2 aliphatic rings. The van der Waals surface area contributed by atoms with Crippen LogP contribution in [0.4, 0.5) is 10.2 Å². The summed E-state index contributed by atoms with van der Waals surface area (Å²) < 4.78 is 13.0. The lowest BCUT2D eigenvalue weighted by molar-refractivity contribution is 0.0932. The third kappa shape index (κ3) is 5.21. The van der Waals surface area contributed by atoms with Gasteiger partial charge >= 0.3 is 0 Å². The lowest BCUT2D eigenvalue weighted by Gasteiger charge is -2.40. The van der Waals surface area contributed by atoms with Crippen LogP contribution in [0.25, 0.3) is 0 Å². The van der Waals surface area contributed by atoms with E-state index in [1.807, 2.05) is 12.3 Å². The van der Waals surface area contributed by atoms with E-state index in [0.717, 1.165) is 50.4 Å². The van der Waals surface area contributed by atoms with Gasteiger partial charge in [-0.2, -0.15) is 0 Å². The van der Waals surface area contributed by atoms with Crippen LogP contribution in [0.1, 0.15) is 42.5 Å². The highest BCUT2D eigenvalue weighted by Crippen LogP contribution is 2.33. The standard InChI is InChI=1S/C24H30FN3O/c25-22-6-4-21(5-7-22)23(29)12-16-27-14-8-19(9-15-27)20-10-17-28(18-11-20)24-3-1-2-13-26-24/h1-7,13,19-20H,8-12,14-18H2. The molecule has 0 saturated carbocycles. The number of likely N-dealkylation sites (tertiary alicyclic amines) is 1. The summed E-state index contributed by atoms with van der Waals surface area (Å²) >= 11 is 0. The van der Waals surface area contributed by atoms with Crippen LogP contribution >= 0.6 is 0 Å². The Hall–Kier alpha value is -2.27. The summed E-state index contributed by atoms with van der Waals surface area (Å²) in [6.07, 6.45) is 7.36. The summed E-state index contributed by atoms with van der Waals surface area (Å²) in [5.74, 6) is 2.54. The van der Waals surface area contributed by atoms with Gasteiger partial charge in [-0.25, -0.2) is 9.37 Å². The van der Waals surface area contributed by atoms with Gasteiger partial charge in [0.2, 0.25) is 0 Å². The van der Waals surface area contributed by atoms with Gasteiger partial charge in [0.25, 0.3) is 0 Å². The lowest BCUT2D eigenvalue weighted by atomic mass is 9.79. The molecule has 2 aliphatic heterocycles. The normalized spacial score (nSPS) is 19.4. The maximum atomic E-state index is 13.0. The predicted octanol–water partition coefficient (Wildman–Crippen LogP) is 4.42. The van der Waals surface area contributed by atoms with Crippen LogP contribution in [0.2, 0.25) is 0 Å². The molecule has 0 radical (unpaired) electrons. The number of hydrogen-bond donors (Lipinski definition) is 0. The van der Waals surface area contributed by atoms with Crippen molar-refractivity contribution in [2.24, 2.45) is 11.8 Å². The summed E-state index contributed by atoms with van der Waals surface area (Å²) in [6, 6.07) is 12.0. The number of rotatable bonds is 6. The Kier molecular flexibility index (Phi) is 6.55. The third-order valence-electron chi connectivity index (χ3n) is 6.63. The zero-order chi connectivity index (χ0) is 20.1. The number of nitrogens with zero attached hydrogens (tertiary/aromatic N) is 3. The molecule has 0 bridgehead atoms. The van der Waals surface area contributed by atoms with E-state index < -0.39 is 0 Å². The molecule has 0 N–H and O–H groups in total. The molecular formula is C24H30FN3O. The second-order valence-corrected chi connectivity index (χ2v) is 8.37. The first kappa shape index (κ1) is 20.0. The third-order valence-corrected chi connectivity index (χ3v) is 6.63. The molecule has 29 heavy (non-hydrogen) atoms. The van der Waals surface area contributed by atoms with Crippen LogP contribution in [0.5, 0.6) is 0 Å². The first-order valence-corrected chi connectivity index (χ1v) is 10.9. The van der Waals surface area contributed by atoms with Crippen molar-refractivity contribution in [2.75, 3.05) is 37.6 Å². The number of hydrogen-bond acceptors (Lipinski definition) is 4. The molecule has 154 valence electrons. The number of piperidine rings is 2. The first-order valence-electron chi connectivity index (χ1n) is 10.9. The summed E-state index contributed by atoms with van der Waals surface area (Å²) in [5, 5.41) is 0. The van der Waals surface area contributed by atoms with Gasteiger partial charge in [-0.05, 0) is 87.0 Å². The molecule has 2 saturated heterocycles. The van der Waals surface area contributed by atoms with Gasteiger partial charge in [-0.15, -0.1) is 0 Å². The minimum Gasteiger partial charge on any atom is -0.357 e. The molecule has 0 spiro atoms. The maximum Gasteiger partial charge on any atom is 0.164 e. The van der Waals surface area contributed by atoms with Gasteiger partial charge in [-0.3, -0.25) is 4.79 Å². The van der Waals surface area contributed by atoms with Crippen molar-refractivity contribution in [2.45, 2.75) is 32.1 Å². The predicted molar refractivity (Wildman–Crippen MR) is 114 cm³/mol. The van der Waals surface area contributed by atoms with Gasteiger partial charge in [0.1, 0.15) is 11.6 Å². The summed E-state index contributed by atoms with van der Waals surface area (Å²) in [7, 11) is 0. The number of carbonyl (C=O) groups excluding carboxylic acids is 1. The fraction of sp³-hybridized carbons (Fsp3) is 0.500. The Morgan fingerprint density at radius 1 is 0.931 bits per heavy atom. The number of pyridine rings is 1. The van der Waals surface area contributed by atoms with E-state index in [1.165, 1.54) is 37.8 Å². The highest BCUT2D eigenvalue weighted by Gasteiger charge is 2.29. The second-order valence-electron chi connectivity index (χ2n) is 8.37. The van der Waals surface area contributed by atoms with Gasteiger partial charge < -0.3 is 9.80 Å². The van der Waals surface area contributed by atoms with Crippen molar-refractivity contribution in [1.29, 1.82) is 0 Å². The number of anilines is 1. The largest absolute Gasteiger partial charge is 0.357 e. The monoisotopic (exact) mass is 395 g/mol. The molecule has 0 atom stereocenters. The summed E-state index contributed by atoms with van der Waals surface area (Å²) in [6.45, 7) is 5.19. The Balaban J connectivity index is 1.18. The zero-order valence-electron chi connectivity index (χ0n) is 17.0. The minimum absolute atomic E-state index is 0.106. The smallest absolute Gasteiger partial charge is 0.164 e. The number of halogens is 1. The van der Waals surface area contributed by atoms with Crippen molar-refractivity contribution >= 4 is 11.6 Å². The molecule has 0 amide bonds. The molecule has 1 aromatic heterocycles. The Labute approximate surface area is 172 Å². The molecule has 3 heterocycles. The summed E-state index contributed by atoms with van der Waals surface area (Å²) in [4.78, 5) is 21.6. The van der Waals surface area contributed by atoms with E-state index >= 15 is 0 Å². The topological polar surface area (TPSA) is 36.4 Å². The van der Waals surface area contributed by atoms with Gasteiger partial charge in [0.15, 0.2) is 5.78 Å². The molecule has 2 aromatic rings. The molecule has 2 fully saturated rings. The van der Waals surface area contributed by atoms with Crippen molar-refractivity contribution in [3.8, 4) is 0 Å². The van der Waals surface area contributed by atoms with Crippen LogP contribution in [0.15, 0.2) is 48.7 Å². The van der Waals surface area contributed by atoms with Crippen LogP contribution in [0.3, 0.4) is 0 Å². The number of carbonyl (C=O) groups is 1. The second kappa shape index (κ2) is 9.49. The fourth-order valence-electron chi connectivity index (χ4n) is 4.83. The molecule has 5 heteroatoms.